The molecule has 1 aromatic heterocycles. The zero-order valence-corrected chi connectivity index (χ0v) is 12.0. The van der Waals surface area contributed by atoms with Crippen LogP contribution in [0, 0.1) is 5.92 Å². The van der Waals surface area contributed by atoms with Crippen molar-refractivity contribution in [2.75, 3.05) is 18.2 Å². The Morgan fingerprint density at radius 3 is 2.58 bits per heavy atom. The van der Waals surface area contributed by atoms with Gasteiger partial charge in [-0.15, -0.1) is 11.3 Å². The number of rotatable bonds is 5. The second-order valence-corrected chi connectivity index (χ2v) is 6.49. The zero-order valence-electron chi connectivity index (χ0n) is 11.2. The Morgan fingerprint density at radius 2 is 2.00 bits per heavy atom. The summed E-state index contributed by atoms with van der Waals surface area (Å²) in [4.78, 5) is 12.9. The van der Waals surface area contributed by atoms with Gasteiger partial charge in [0.05, 0.1) is 17.7 Å². The zero-order chi connectivity index (χ0) is 13.4. The molecule has 0 unspecified atom stereocenters. The van der Waals surface area contributed by atoms with Crippen LogP contribution in [-0.4, -0.2) is 18.9 Å². The summed E-state index contributed by atoms with van der Waals surface area (Å²) in [6.07, 6.45) is 6.93. The molecule has 3 rings (SSSR count). The van der Waals surface area contributed by atoms with Crippen molar-refractivity contribution in [1.82, 2.24) is 0 Å². The lowest BCUT2D eigenvalue weighted by Crippen LogP contribution is -2.13. The minimum Gasteiger partial charge on any atom is -0.492 e. The summed E-state index contributed by atoms with van der Waals surface area (Å²) >= 11 is 1.46. The van der Waals surface area contributed by atoms with Gasteiger partial charge >= 0.3 is 0 Å². The van der Waals surface area contributed by atoms with E-state index in [1.807, 2.05) is 0 Å². The highest BCUT2D eigenvalue weighted by atomic mass is 32.1. The normalized spacial score (nSPS) is 19.6. The van der Waals surface area contributed by atoms with Gasteiger partial charge in [0.15, 0.2) is 11.5 Å². The Kier molecular flexibility index (Phi) is 3.39. The van der Waals surface area contributed by atoms with Crippen molar-refractivity contribution < 1.29 is 9.53 Å². The molecule has 19 heavy (non-hydrogen) atoms. The summed E-state index contributed by atoms with van der Waals surface area (Å²) in [6, 6.07) is 0.496. The van der Waals surface area contributed by atoms with Gasteiger partial charge in [0.1, 0.15) is 5.00 Å². The van der Waals surface area contributed by atoms with Crippen LogP contribution in [0.1, 0.15) is 48.2 Å². The van der Waals surface area contributed by atoms with Crippen molar-refractivity contribution in [3.63, 3.8) is 0 Å². The van der Waals surface area contributed by atoms with E-state index in [1.54, 1.807) is 7.11 Å². The quantitative estimate of drug-likeness (QED) is 0.812. The van der Waals surface area contributed by atoms with E-state index in [0.29, 0.717) is 22.4 Å². The molecular formula is C14H20N2O2S. The highest BCUT2D eigenvalue weighted by Crippen LogP contribution is 2.46. The first-order valence-electron chi connectivity index (χ1n) is 6.97. The van der Waals surface area contributed by atoms with Crippen molar-refractivity contribution in [2.24, 2.45) is 5.92 Å². The molecule has 0 atom stereocenters. The third-order valence-electron chi connectivity index (χ3n) is 3.97. The molecule has 0 bridgehead atoms. The van der Waals surface area contributed by atoms with Gasteiger partial charge in [0, 0.05) is 12.0 Å². The number of anilines is 2. The van der Waals surface area contributed by atoms with Crippen molar-refractivity contribution in [2.45, 2.75) is 44.6 Å². The fraction of sp³-hybridized carbons (Fsp3) is 0.643. The molecule has 2 aliphatic carbocycles. The number of carbonyl (C=O) groups excluding carboxylic acids is 1. The van der Waals surface area contributed by atoms with Crippen LogP contribution in [-0.2, 0) is 0 Å². The molecule has 2 fully saturated rings. The van der Waals surface area contributed by atoms with Crippen LogP contribution in [0.4, 0.5) is 10.7 Å². The van der Waals surface area contributed by atoms with Gasteiger partial charge < -0.3 is 15.8 Å². The molecule has 0 amide bonds. The van der Waals surface area contributed by atoms with Gasteiger partial charge in [-0.05, 0) is 25.7 Å². The Morgan fingerprint density at radius 1 is 1.32 bits per heavy atom. The minimum absolute atomic E-state index is 0.195. The second-order valence-electron chi connectivity index (χ2n) is 5.47. The number of carbonyl (C=O) groups is 1. The average molecular weight is 280 g/mol. The highest BCUT2D eigenvalue weighted by molar-refractivity contribution is 7.19. The lowest BCUT2D eigenvalue weighted by atomic mass is 10.2. The topological polar surface area (TPSA) is 64.3 Å². The van der Waals surface area contributed by atoms with Crippen molar-refractivity contribution >= 4 is 27.8 Å². The summed E-state index contributed by atoms with van der Waals surface area (Å²) < 4.78 is 5.39. The SMILES string of the molecule is COc1c(NC2CCCC2)sc(C(=O)C2CC2)c1N. The van der Waals surface area contributed by atoms with Crippen molar-refractivity contribution in [3.05, 3.63) is 4.88 Å². The van der Waals surface area contributed by atoms with E-state index >= 15 is 0 Å². The standard InChI is InChI=1S/C14H20N2O2S/c1-18-12-10(15)13(11(17)8-6-7-8)19-14(12)16-9-4-2-3-5-9/h8-9,16H,2-7,15H2,1H3. The molecule has 0 aliphatic heterocycles. The first-order valence-corrected chi connectivity index (χ1v) is 7.79. The summed E-state index contributed by atoms with van der Waals surface area (Å²) in [6.45, 7) is 0. The predicted octanol–water partition coefficient (Wildman–Crippen LogP) is 3.29. The van der Waals surface area contributed by atoms with E-state index < -0.39 is 0 Å². The molecule has 2 saturated carbocycles. The number of nitrogens with one attached hydrogen (secondary N) is 1. The molecule has 1 aromatic rings. The Hall–Kier alpha value is -1.23. The van der Waals surface area contributed by atoms with Gasteiger partial charge in [-0.1, -0.05) is 12.8 Å². The molecule has 3 N–H and O–H groups in total. The van der Waals surface area contributed by atoms with E-state index in [4.69, 9.17) is 10.5 Å². The number of nitrogen functional groups attached to an aromatic ring is 1. The van der Waals surface area contributed by atoms with Crippen LogP contribution in [0.5, 0.6) is 5.75 Å². The van der Waals surface area contributed by atoms with Crippen LogP contribution >= 0.6 is 11.3 Å². The number of ether oxygens (including phenoxy) is 1. The van der Waals surface area contributed by atoms with E-state index in [2.05, 4.69) is 5.32 Å². The molecule has 4 nitrogen and oxygen atoms in total. The van der Waals surface area contributed by atoms with Gasteiger partial charge in [-0.3, -0.25) is 4.79 Å². The number of hydrogen-bond donors (Lipinski definition) is 2. The maximum atomic E-state index is 12.2. The predicted molar refractivity (Wildman–Crippen MR) is 78.2 cm³/mol. The van der Waals surface area contributed by atoms with Gasteiger partial charge in [0.2, 0.25) is 0 Å². The molecule has 104 valence electrons. The number of Topliss-reactive ketones (excluding diaryl/α,β-unsaturated/α-hetero) is 1. The minimum atomic E-state index is 0.195. The maximum Gasteiger partial charge on any atom is 0.178 e. The van der Waals surface area contributed by atoms with E-state index in [0.717, 1.165) is 17.8 Å². The first-order chi connectivity index (χ1) is 9.20. The summed E-state index contributed by atoms with van der Waals surface area (Å²) in [5.41, 5.74) is 6.60. The highest BCUT2D eigenvalue weighted by Gasteiger charge is 2.34. The molecule has 5 heteroatoms. The van der Waals surface area contributed by atoms with Crippen molar-refractivity contribution in [3.8, 4) is 5.75 Å². The molecule has 0 saturated heterocycles. The number of ketones is 1. The lowest BCUT2D eigenvalue weighted by Gasteiger charge is -2.12. The fourth-order valence-electron chi connectivity index (χ4n) is 2.70. The first kappa shape index (κ1) is 12.8. The third kappa shape index (κ3) is 2.43. The van der Waals surface area contributed by atoms with Crippen LogP contribution < -0.4 is 15.8 Å². The molecule has 0 spiro atoms. The monoisotopic (exact) mass is 280 g/mol. The van der Waals surface area contributed by atoms with Crippen molar-refractivity contribution in [1.29, 1.82) is 0 Å². The summed E-state index contributed by atoms with van der Waals surface area (Å²) in [5.74, 6) is 1.05. The summed E-state index contributed by atoms with van der Waals surface area (Å²) in [7, 11) is 1.61. The number of hydrogen-bond acceptors (Lipinski definition) is 5. The lowest BCUT2D eigenvalue weighted by molar-refractivity contribution is 0.0972. The Bertz CT molecular complexity index is 488. The van der Waals surface area contributed by atoms with E-state index in [-0.39, 0.29) is 11.7 Å². The molecule has 1 heterocycles. The molecule has 2 aliphatic rings. The smallest absolute Gasteiger partial charge is 0.178 e. The third-order valence-corrected chi connectivity index (χ3v) is 5.10. The summed E-state index contributed by atoms with van der Waals surface area (Å²) in [5, 5.41) is 4.42. The van der Waals surface area contributed by atoms with Crippen LogP contribution in [0.3, 0.4) is 0 Å². The van der Waals surface area contributed by atoms with Gasteiger partial charge in [-0.25, -0.2) is 0 Å². The molecular weight excluding hydrogens is 260 g/mol. The molecule has 0 radical (unpaired) electrons. The molecule has 0 aromatic carbocycles. The van der Waals surface area contributed by atoms with Crippen LogP contribution in [0.2, 0.25) is 0 Å². The number of nitrogens with two attached hydrogens (primary N) is 1. The number of methoxy groups -OCH3 is 1. The average Bonchev–Trinajstić information content (AvgIpc) is 3.05. The van der Waals surface area contributed by atoms with Crippen LogP contribution in [0.15, 0.2) is 0 Å². The van der Waals surface area contributed by atoms with E-state index in [1.165, 1.54) is 37.0 Å². The maximum absolute atomic E-state index is 12.2. The Labute approximate surface area is 117 Å². The van der Waals surface area contributed by atoms with E-state index in [9.17, 15) is 4.79 Å². The number of thiophene rings is 1. The van der Waals surface area contributed by atoms with Crippen LogP contribution in [0.25, 0.3) is 0 Å². The second kappa shape index (κ2) is 5.04. The van der Waals surface area contributed by atoms with Gasteiger partial charge in [0.25, 0.3) is 0 Å². The van der Waals surface area contributed by atoms with Gasteiger partial charge in [-0.2, -0.15) is 0 Å². The fourth-order valence-corrected chi connectivity index (χ4v) is 3.88. The Balaban J connectivity index is 1.85. The largest absolute Gasteiger partial charge is 0.492 e.